The van der Waals surface area contributed by atoms with Crippen molar-refractivity contribution in [1.82, 2.24) is 15.1 Å². The second-order valence-electron chi connectivity index (χ2n) is 7.82. The number of nitrogens with one attached hydrogen (secondary N) is 2. The van der Waals surface area contributed by atoms with Gasteiger partial charge in [0, 0.05) is 24.3 Å². The van der Waals surface area contributed by atoms with Crippen LogP contribution in [-0.4, -0.2) is 21.6 Å². The molecule has 0 saturated heterocycles. The monoisotopic (exact) mass is 394 g/mol. The number of furan rings is 1. The number of carbonyl (C=O) groups is 2. The summed E-state index contributed by atoms with van der Waals surface area (Å²) in [5.74, 6) is 0.811. The SMILES string of the molecule is CC(C)(C)c1cc(NC(=O)CCC(=O)NCc2ccco2)n(-c2ccccc2)n1. The highest BCUT2D eigenvalue weighted by atomic mass is 16.3. The molecule has 0 bridgehead atoms. The van der Waals surface area contributed by atoms with Crippen LogP contribution < -0.4 is 10.6 Å². The fourth-order valence-corrected chi connectivity index (χ4v) is 2.72. The minimum atomic E-state index is -0.240. The largest absolute Gasteiger partial charge is 0.467 e. The molecule has 0 spiro atoms. The van der Waals surface area contributed by atoms with Gasteiger partial charge in [-0.05, 0) is 24.3 Å². The van der Waals surface area contributed by atoms with E-state index >= 15 is 0 Å². The molecule has 1 aromatic carbocycles. The summed E-state index contributed by atoms with van der Waals surface area (Å²) < 4.78 is 6.89. The summed E-state index contributed by atoms with van der Waals surface area (Å²) in [6, 6.07) is 15.0. The molecule has 0 atom stereocenters. The first kappa shape index (κ1) is 20.4. The Morgan fingerprint density at radius 3 is 2.41 bits per heavy atom. The van der Waals surface area contributed by atoms with Crippen molar-refractivity contribution < 1.29 is 14.0 Å². The van der Waals surface area contributed by atoms with Crippen LogP contribution >= 0.6 is 0 Å². The first-order valence-corrected chi connectivity index (χ1v) is 9.58. The van der Waals surface area contributed by atoms with Gasteiger partial charge < -0.3 is 15.1 Å². The topological polar surface area (TPSA) is 89.2 Å². The van der Waals surface area contributed by atoms with E-state index in [0.29, 0.717) is 18.1 Å². The minimum absolute atomic E-state index is 0.0782. The lowest BCUT2D eigenvalue weighted by atomic mass is 9.92. The van der Waals surface area contributed by atoms with Crippen molar-refractivity contribution in [2.45, 2.75) is 45.6 Å². The van der Waals surface area contributed by atoms with E-state index in [9.17, 15) is 9.59 Å². The Bertz CT molecular complexity index is 954. The summed E-state index contributed by atoms with van der Waals surface area (Å²) in [5, 5.41) is 10.3. The van der Waals surface area contributed by atoms with Crippen LogP contribution in [0.3, 0.4) is 0 Å². The van der Waals surface area contributed by atoms with Crippen LogP contribution in [0.15, 0.2) is 59.2 Å². The van der Waals surface area contributed by atoms with Crippen LogP contribution in [0.2, 0.25) is 0 Å². The molecule has 0 aliphatic heterocycles. The first-order chi connectivity index (χ1) is 13.8. The van der Waals surface area contributed by atoms with Crippen molar-refractivity contribution in [3.8, 4) is 5.69 Å². The Morgan fingerprint density at radius 2 is 1.76 bits per heavy atom. The molecule has 2 N–H and O–H groups in total. The fraction of sp³-hybridized carbons (Fsp3) is 0.318. The lowest BCUT2D eigenvalue weighted by Crippen LogP contribution is -2.24. The van der Waals surface area contributed by atoms with Gasteiger partial charge in [-0.15, -0.1) is 0 Å². The zero-order valence-electron chi connectivity index (χ0n) is 16.9. The van der Waals surface area contributed by atoms with Gasteiger partial charge in [-0.1, -0.05) is 39.0 Å². The predicted molar refractivity (Wildman–Crippen MR) is 111 cm³/mol. The highest BCUT2D eigenvalue weighted by Gasteiger charge is 2.21. The van der Waals surface area contributed by atoms with Gasteiger partial charge in [0.1, 0.15) is 11.6 Å². The summed E-state index contributed by atoms with van der Waals surface area (Å²) >= 11 is 0. The van der Waals surface area contributed by atoms with Crippen LogP contribution in [0, 0.1) is 0 Å². The van der Waals surface area contributed by atoms with Gasteiger partial charge in [-0.2, -0.15) is 5.10 Å². The van der Waals surface area contributed by atoms with Gasteiger partial charge >= 0.3 is 0 Å². The van der Waals surface area contributed by atoms with Crippen LogP contribution in [0.25, 0.3) is 5.69 Å². The van der Waals surface area contributed by atoms with Gasteiger partial charge in [-0.3, -0.25) is 9.59 Å². The predicted octanol–water partition coefficient (Wildman–Crippen LogP) is 3.80. The second-order valence-corrected chi connectivity index (χ2v) is 7.82. The molecule has 0 fully saturated rings. The molecule has 2 heterocycles. The molecule has 0 radical (unpaired) electrons. The summed E-state index contributed by atoms with van der Waals surface area (Å²) in [5.41, 5.74) is 1.56. The lowest BCUT2D eigenvalue weighted by Gasteiger charge is -2.14. The molecule has 29 heavy (non-hydrogen) atoms. The number of aromatic nitrogens is 2. The van der Waals surface area contributed by atoms with Crippen LogP contribution in [0.4, 0.5) is 5.82 Å². The van der Waals surface area contributed by atoms with E-state index in [1.54, 1.807) is 23.1 Å². The third-order valence-electron chi connectivity index (χ3n) is 4.37. The molecule has 2 aromatic heterocycles. The van der Waals surface area contributed by atoms with Gasteiger partial charge in [0.2, 0.25) is 11.8 Å². The summed E-state index contributed by atoms with van der Waals surface area (Å²) in [4.78, 5) is 24.4. The number of amides is 2. The Morgan fingerprint density at radius 1 is 1.03 bits per heavy atom. The van der Waals surface area contributed by atoms with E-state index in [4.69, 9.17) is 4.42 Å². The zero-order valence-corrected chi connectivity index (χ0v) is 16.9. The number of para-hydroxylation sites is 1. The number of hydrogen-bond donors (Lipinski definition) is 2. The second kappa shape index (κ2) is 8.77. The first-order valence-electron chi connectivity index (χ1n) is 9.58. The van der Waals surface area contributed by atoms with Gasteiger partial charge in [-0.25, -0.2) is 4.68 Å². The average Bonchev–Trinajstić information content (AvgIpc) is 3.35. The average molecular weight is 394 g/mol. The van der Waals surface area contributed by atoms with E-state index in [1.165, 1.54) is 0 Å². The normalized spacial score (nSPS) is 11.3. The van der Waals surface area contributed by atoms with Crippen molar-refractivity contribution in [2.24, 2.45) is 0 Å². The Hall–Kier alpha value is -3.35. The van der Waals surface area contributed by atoms with Crippen molar-refractivity contribution in [2.75, 3.05) is 5.32 Å². The molecule has 0 aliphatic rings. The van der Waals surface area contributed by atoms with E-state index in [2.05, 4.69) is 36.5 Å². The summed E-state index contributed by atoms with van der Waals surface area (Å²) in [6.07, 6.45) is 1.73. The fourth-order valence-electron chi connectivity index (χ4n) is 2.72. The number of carbonyl (C=O) groups excluding carboxylic acids is 2. The minimum Gasteiger partial charge on any atom is -0.467 e. The van der Waals surface area contributed by atoms with E-state index < -0.39 is 0 Å². The maximum atomic E-state index is 12.4. The Kier molecular flexibility index (Phi) is 6.16. The molecule has 3 rings (SSSR count). The molecule has 7 nitrogen and oxygen atoms in total. The standard InChI is InChI=1S/C22H26N4O3/c1-22(2,3)18-14-19(26(25-18)16-8-5-4-6-9-16)24-21(28)12-11-20(27)23-15-17-10-7-13-29-17/h4-10,13-14H,11-12,15H2,1-3H3,(H,23,27)(H,24,28). The smallest absolute Gasteiger partial charge is 0.226 e. The molecular weight excluding hydrogens is 368 g/mol. The van der Waals surface area contributed by atoms with Crippen molar-refractivity contribution >= 4 is 17.6 Å². The van der Waals surface area contributed by atoms with Gasteiger partial charge in [0.25, 0.3) is 0 Å². The number of nitrogens with zero attached hydrogens (tertiary/aromatic N) is 2. The summed E-state index contributed by atoms with van der Waals surface area (Å²) in [6.45, 7) is 6.52. The number of benzene rings is 1. The van der Waals surface area contributed by atoms with E-state index in [1.807, 2.05) is 36.4 Å². The summed E-state index contributed by atoms with van der Waals surface area (Å²) in [7, 11) is 0. The molecule has 152 valence electrons. The van der Waals surface area contributed by atoms with Crippen molar-refractivity contribution in [3.05, 3.63) is 66.2 Å². The maximum Gasteiger partial charge on any atom is 0.226 e. The molecule has 0 aliphatic carbocycles. The molecule has 0 unspecified atom stereocenters. The number of anilines is 1. The zero-order chi connectivity index (χ0) is 20.9. The molecule has 2 amide bonds. The Labute approximate surface area is 170 Å². The van der Waals surface area contributed by atoms with Crippen molar-refractivity contribution in [1.29, 1.82) is 0 Å². The lowest BCUT2D eigenvalue weighted by molar-refractivity contribution is -0.124. The Balaban J connectivity index is 1.63. The quantitative estimate of drug-likeness (QED) is 0.638. The van der Waals surface area contributed by atoms with Crippen molar-refractivity contribution in [3.63, 3.8) is 0 Å². The molecule has 3 aromatic rings. The van der Waals surface area contributed by atoms with Gasteiger partial charge in [0.15, 0.2) is 0 Å². The third-order valence-corrected chi connectivity index (χ3v) is 4.37. The molecule has 0 saturated carbocycles. The molecule has 7 heteroatoms. The number of rotatable bonds is 7. The van der Waals surface area contributed by atoms with E-state index in [-0.39, 0.29) is 30.1 Å². The number of hydrogen-bond acceptors (Lipinski definition) is 4. The van der Waals surface area contributed by atoms with Crippen LogP contribution in [0.1, 0.15) is 45.1 Å². The molecular formula is C22H26N4O3. The maximum absolute atomic E-state index is 12.4. The van der Waals surface area contributed by atoms with E-state index in [0.717, 1.165) is 11.4 Å². The van der Waals surface area contributed by atoms with Crippen LogP contribution in [-0.2, 0) is 21.5 Å². The third kappa shape index (κ3) is 5.57. The van der Waals surface area contributed by atoms with Crippen LogP contribution in [0.5, 0.6) is 0 Å². The van der Waals surface area contributed by atoms with Gasteiger partial charge in [0.05, 0.1) is 24.2 Å². The highest BCUT2D eigenvalue weighted by molar-refractivity contribution is 5.92. The highest BCUT2D eigenvalue weighted by Crippen LogP contribution is 2.26.